The van der Waals surface area contributed by atoms with E-state index in [-0.39, 0.29) is 11.9 Å². The van der Waals surface area contributed by atoms with Gasteiger partial charge in [-0.25, -0.2) is 0 Å². The maximum atomic E-state index is 12.4. The Morgan fingerprint density at radius 2 is 2.33 bits per heavy atom. The number of nitrogens with two attached hydrogens (primary N) is 1. The van der Waals surface area contributed by atoms with Crippen molar-refractivity contribution in [1.82, 2.24) is 15.5 Å². The Labute approximate surface area is 123 Å². The second-order valence-corrected chi connectivity index (χ2v) is 4.71. The summed E-state index contributed by atoms with van der Waals surface area (Å²) in [6, 6.07) is 5.38. The Hall–Kier alpha value is -2.58. The molecule has 1 aromatic heterocycles. The Kier molecular flexibility index (Phi) is 4.75. The molecule has 2 aromatic rings. The van der Waals surface area contributed by atoms with E-state index in [2.05, 4.69) is 27.4 Å². The van der Waals surface area contributed by atoms with Crippen LogP contribution in [0, 0.1) is 18.8 Å². The Morgan fingerprint density at radius 1 is 1.52 bits per heavy atom. The fraction of sp³-hybridized carbons (Fsp3) is 0.250. The molecule has 1 aromatic carbocycles. The van der Waals surface area contributed by atoms with E-state index in [1.165, 1.54) is 0 Å². The lowest BCUT2D eigenvalue weighted by Gasteiger charge is -2.14. The van der Waals surface area contributed by atoms with Crippen LogP contribution in [0.2, 0.25) is 0 Å². The van der Waals surface area contributed by atoms with Crippen molar-refractivity contribution in [2.75, 3.05) is 6.54 Å². The zero-order valence-electron chi connectivity index (χ0n) is 12.1. The van der Waals surface area contributed by atoms with E-state index in [4.69, 9.17) is 5.73 Å². The number of carbonyl (C=O) groups is 1. The molecule has 0 aliphatic carbocycles. The predicted molar refractivity (Wildman–Crippen MR) is 81.6 cm³/mol. The SMILES string of the molecule is Cc1c(C#CCN)cccc1C(=O)NC(C)c1cn[nH]c1. The summed E-state index contributed by atoms with van der Waals surface area (Å²) < 4.78 is 0. The number of amides is 1. The van der Waals surface area contributed by atoms with Crippen molar-refractivity contribution in [2.24, 2.45) is 5.73 Å². The van der Waals surface area contributed by atoms with Gasteiger partial charge in [-0.1, -0.05) is 17.9 Å². The third-order valence-corrected chi connectivity index (χ3v) is 3.27. The summed E-state index contributed by atoms with van der Waals surface area (Å²) in [6.07, 6.45) is 3.46. The van der Waals surface area contributed by atoms with Gasteiger partial charge >= 0.3 is 0 Å². The van der Waals surface area contributed by atoms with E-state index >= 15 is 0 Å². The average Bonchev–Trinajstić information content (AvgIpc) is 3.00. The largest absolute Gasteiger partial charge is 0.345 e. The van der Waals surface area contributed by atoms with Crippen molar-refractivity contribution in [3.8, 4) is 11.8 Å². The third kappa shape index (κ3) is 3.50. The van der Waals surface area contributed by atoms with Crippen molar-refractivity contribution in [2.45, 2.75) is 19.9 Å². The molecule has 21 heavy (non-hydrogen) atoms. The first-order valence-corrected chi connectivity index (χ1v) is 6.71. The Morgan fingerprint density at radius 3 is 3.00 bits per heavy atom. The number of benzene rings is 1. The zero-order chi connectivity index (χ0) is 15.2. The molecule has 0 aliphatic rings. The molecule has 0 spiro atoms. The van der Waals surface area contributed by atoms with Crippen LogP contribution in [0.25, 0.3) is 0 Å². The molecule has 0 saturated carbocycles. The number of nitrogens with zero attached hydrogens (tertiary/aromatic N) is 1. The van der Waals surface area contributed by atoms with E-state index in [9.17, 15) is 4.79 Å². The van der Waals surface area contributed by atoms with Crippen molar-refractivity contribution < 1.29 is 4.79 Å². The summed E-state index contributed by atoms with van der Waals surface area (Å²) in [5.74, 6) is 5.66. The quantitative estimate of drug-likeness (QED) is 0.746. The molecule has 108 valence electrons. The molecule has 4 N–H and O–H groups in total. The lowest BCUT2D eigenvalue weighted by atomic mass is 10.0. The predicted octanol–water partition coefficient (Wildman–Crippen LogP) is 1.52. The average molecular weight is 282 g/mol. The van der Waals surface area contributed by atoms with Crippen molar-refractivity contribution in [3.63, 3.8) is 0 Å². The Balaban J connectivity index is 2.19. The summed E-state index contributed by atoms with van der Waals surface area (Å²) in [6.45, 7) is 4.10. The van der Waals surface area contributed by atoms with Crippen LogP contribution in [0.5, 0.6) is 0 Å². The van der Waals surface area contributed by atoms with Gasteiger partial charge in [0.25, 0.3) is 5.91 Å². The minimum Gasteiger partial charge on any atom is -0.345 e. The first kappa shape index (κ1) is 14.8. The summed E-state index contributed by atoms with van der Waals surface area (Å²) in [5.41, 5.74) is 8.61. The first-order valence-electron chi connectivity index (χ1n) is 6.71. The number of aromatic nitrogens is 2. The molecule has 0 saturated heterocycles. The standard InChI is InChI=1S/C16H18N4O/c1-11-13(6-4-8-17)5-3-7-15(11)16(21)20-12(2)14-9-18-19-10-14/h3,5,7,9-10,12H,8,17H2,1-2H3,(H,18,19)(H,20,21). The van der Waals surface area contributed by atoms with Gasteiger partial charge in [0.05, 0.1) is 18.8 Å². The second-order valence-electron chi connectivity index (χ2n) is 4.71. The number of rotatable bonds is 3. The Bertz CT molecular complexity index is 680. The zero-order valence-corrected chi connectivity index (χ0v) is 12.1. The number of H-pyrrole nitrogens is 1. The lowest BCUT2D eigenvalue weighted by molar-refractivity contribution is 0.0939. The van der Waals surface area contributed by atoms with Crippen LogP contribution in [0.4, 0.5) is 0 Å². The summed E-state index contributed by atoms with van der Waals surface area (Å²) >= 11 is 0. The van der Waals surface area contributed by atoms with Gasteiger partial charge in [0.2, 0.25) is 0 Å². The molecule has 1 unspecified atom stereocenters. The van der Waals surface area contributed by atoms with Crippen molar-refractivity contribution >= 4 is 5.91 Å². The fourth-order valence-electron chi connectivity index (χ4n) is 2.02. The van der Waals surface area contributed by atoms with Gasteiger partial charge in [-0.15, -0.1) is 0 Å². The van der Waals surface area contributed by atoms with Gasteiger partial charge in [-0.2, -0.15) is 5.10 Å². The smallest absolute Gasteiger partial charge is 0.252 e. The minimum absolute atomic E-state index is 0.116. The highest BCUT2D eigenvalue weighted by Crippen LogP contribution is 2.15. The highest BCUT2D eigenvalue weighted by molar-refractivity contribution is 5.96. The second kappa shape index (κ2) is 6.73. The van der Waals surface area contributed by atoms with Crippen LogP contribution >= 0.6 is 0 Å². The third-order valence-electron chi connectivity index (χ3n) is 3.27. The van der Waals surface area contributed by atoms with Gasteiger partial charge in [0.1, 0.15) is 0 Å². The molecule has 5 nitrogen and oxygen atoms in total. The maximum Gasteiger partial charge on any atom is 0.252 e. The summed E-state index contributed by atoms with van der Waals surface area (Å²) in [7, 11) is 0. The minimum atomic E-state index is -0.127. The van der Waals surface area contributed by atoms with Crippen molar-refractivity contribution in [1.29, 1.82) is 0 Å². The highest BCUT2D eigenvalue weighted by atomic mass is 16.1. The molecule has 0 bridgehead atoms. The molecule has 5 heteroatoms. The number of aromatic amines is 1. The normalized spacial score (nSPS) is 11.4. The number of nitrogens with one attached hydrogen (secondary N) is 2. The van der Waals surface area contributed by atoms with Crippen LogP contribution < -0.4 is 11.1 Å². The van der Waals surface area contributed by atoms with E-state index < -0.39 is 0 Å². The molecule has 2 rings (SSSR count). The molecule has 1 amide bonds. The van der Waals surface area contributed by atoms with Gasteiger partial charge < -0.3 is 11.1 Å². The summed E-state index contributed by atoms with van der Waals surface area (Å²) in [5, 5.41) is 9.57. The van der Waals surface area contributed by atoms with Crippen LogP contribution in [-0.2, 0) is 0 Å². The molecule has 1 atom stereocenters. The van der Waals surface area contributed by atoms with Crippen LogP contribution in [0.3, 0.4) is 0 Å². The highest BCUT2D eigenvalue weighted by Gasteiger charge is 2.15. The maximum absolute atomic E-state index is 12.4. The van der Waals surface area contributed by atoms with E-state index in [0.29, 0.717) is 12.1 Å². The van der Waals surface area contributed by atoms with Crippen LogP contribution in [-0.4, -0.2) is 22.6 Å². The fourth-order valence-corrected chi connectivity index (χ4v) is 2.02. The van der Waals surface area contributed by atoms with Gasteiger partial charge in [0, 0.05) is 22.9 Å². The van der Waals surface area contributed by atoms with E-state index in [1.807, 2.05) is 26.0 Å². The molecular weight excluding hydrogens is 264 g/mol. The monoisotopic (exact) mass is 282 g/mol. The molecule has 0 fully saturated rings. The van der Waals surface area contributed by atoms with E-state index in [1.54, 1.807) is 18.5 Å². The molecule has 1 heterocycles. The van der Waals surface area contributed by atoms with Crippen LogP contribution in [0.15, 0.2) is 30.6 Å². The van der Waals surface area contributed by atoms with Gasteiger partial charge in [-0.05, 0) is 31.5 Å². The van der Waals surface area contributed by atoms with Gasteiger partial charge in [0.15, 0.2) is 0 Å². The van der Waals surface area contributed by atoms with E-state index in [0.717, 1.165) is 16.7 Å². The van der Waals surface area contributed by atoms with Gasteiger partial charge in [-0.3, -0.25) is 9.89 Å². The number of carbonyl (C=O) groups excluding carboxylic acids is 1. The number of hydrogen-bond donors (Lipinski definition) is 3. The molecular formula is C16H18N4O. The number of hydrogen-bond acceptors (Lipinski definition) is 3. The molecule has 0 aliphatic heterocycles. The lowest BCUT2D eigenvalue weighted by Crippen LogP contribution is -2.27. The van der Waals surface area contributed by atoms with Crippen molar-refractivity contribution in [3.05, 3.63) is 52.8 Å². The summed E-state index contributed by atoms with van der Waals surface area (Å²) in [4.78, 5) is 12.4. The molecule has 0 radical (unpaired) electrons. The first-order chi connectivity index (χ1) is 10.1. The van der Waals surface area contributed by atoms with Crippen LogP contribution in [0.1, 0.15) is 40.0 Å². The topological polar surface area (TPSA) is 83.8 Å².